The molecule has 0 aromatic carbocycles. The van der Waals surface area contributed by atoms with Gasteiger partial charge in [-0.15, -0.1) is 0 Å². The smallest absolute Gasteiger partial charge is 0.156 e. The van der Waals surface area contributed by atoms with Crippen LogP contribution in [0.1, 0.15) is 11.3 Å². The van der Waals surface area contributed by atoms with Gasteiger partial charge in [0.1, 0.15) is 0 Å². The molecule has 0 aliphatic heterocycles. The summed E-state index contributed by atoms with van der Waals surface area (Å²) >= 11 is 1.67. The predicted octanol–water partition coefficient (Wildman–Crippen LogP) is 1.83. The monoisotopic (exact) mass is 209 g/mol. The number of pyridine rings is 1. The topological polar surface area (TPSA) is 37.3 Å². The average Bonchev–Trinajstić information content (AvgIpc) is 2.22. The lowest BCUT2D eigenvalue weighted by molar-refractivity contribution is 1.13. The highest BCUT2D eigenvalue weighted by Gasteiger charge is 2.01. The van der Waals surface area contributed by atoms with Gasteiger partial charge in [-0.05, 0) is 18.6 Å². The molecular weight excluding hydrogens is 194 g/mol. The van der Waals surface area contributed by atoms with Crippen molar-refractivity contribution in [3.63, 3.8) is 0 Å². The number of hydrogen-bond acceptors (Lipinski definition) is 3. The number of nitrogens with one attached hydrogen (secondary N) is 1. The molecule has 1 heterocycles. The first-order valence-corrected chi connectivity index (χ1v) is 5.44. The second-order valence-electron chi connectivity index (χ2n) is 2.83. The second kappa shape index (κ2) is 5.65. The largest absolute Gasteiger partial charge is 0.368 e. The molecule has 0 aliphatic carbocycles. The van der Waals surface area contributed by atoms with E-state index in [1.807, 2.05) is 19.3 Å². The summed E-state index contributed by atoms with van der Waals surface area (Å²) in [6.45, 7) is 2.07. The zero-order chi connectivity index (χ0) is 10.4. The molecule has 0 radical (unpaired) electrons. The van der Waals surface area contributed by atoms with Crippen molar-refractivity contribution >= 4 is 16.9 Å². The molecule has 1 aromatic heterocycles. The van der Waals surface area contributed by atoms with Crippen LogP contribution in [-0.2, 0) is 5.75 Å². The van der Waals surface area contributed by atoms with E-state index in [2.05, 4.69) is 28.3 Å². The predicted molar refractivity (Wildman–Crippen MR) is 62.7 cm³/mol. The third-order valence-corrected chi connectivity index (χ3v) is 2.96. The number of aliphatic imine (C=N–C) groups is 1. The van der Waals surface area contributed by atoms with Crippen molar-refractivity contribution in [3.8, 4) is 0 Å². The van der Waals surface area contributed by atoms with E-state index < -0.39 is 0 Å². The van der Waals surface area contributed by atoms with E-state index in [-0.39, 0.29) is 0 Å². The second-order valence-corrected chi connectivity index (χ2v) is 3.80. The molecule has 0 aliphatic rings. The maximum absolute atomic E-state index is 4.32. The van der Waals surface area contributed by atoms with Crippen molar-refractivity contribution in [2.75, 3.05) is 14.1 Å². The molecule has 0 unspecified atom stereocenters. The van der Waals surface area contributed by atoms with Crippen molar-refractivity contribution in [3.05, 3.63) is 29.6 Å². The fraction of sp³-hybridized carbons (Fsp3) is 0.400. The number of thioether (sulfide) groups is 1. The van der Waals surface area contributed by atoms with Gasteiger partial charge in [0.05, 0.1) is 5.69 Å². The molecule has 0 bridgehead atoms. The van der Waals surface area contributed by atoms with Gasteiger partial charge < -0.3 is 5.32 Å². The summed E-state index contributed by atoms with van der Waals surface area (Å²) in [5.74, 6) is 0.861. The molecule has 0 saturated heterocycles. The van der Waals surface area contributed by atoms with Gasteiger partial charge in [0.15, 0.2) is 5.17 Å². The zero-order valence-corrected chi connectivity index (χ0v) is 9.56. The van der Waals surface area contributed by atoms with E-state index in [1.165, 1.54) is 5.56 Å². The summed E-state index contributed by atoms with van der Waals surface area (Å²) < 4.78 is 0. The maximum atomic E-state index is 4.32. The quantitative estimate of drug-likeness (QED) is 0.596. The van der Waals surface area contributed by atoms with Crippen molar-refractivity contribution in [2.24, 2.45) is 4.99 Å². The van der Waals surface area contributed by atoms with E-state index in [0.29, 0.717) is 0 Å². The van der Waals surface area contributed by atoms with Crippen LogP contribution >= 0.6 is 11.8 Å². The van der Waals surface area contributed by atoms with Gasteiger partial charge in [-0.25, -0.2) is 0 Å². The SMILES string of the molecule is CN=C(NC)SCc1ncccc1C. The Bertz CT molecular complexity index is 323. The lowest BCUT2D eigenvalue weighted by Crippen LogP contribution is -2.14. The van der Waals surface area contributed by atoms with Crippen LogP contribution in [0.2, 0.25) is 0 Å². The van der Waals surface area contributed by atoms with Crippen molar-refractivity contribution in [1.82, 2.24) is 10.3 Å². The molecule has 3 nitrogen and oxygen atoms in total. The highest BCUT2D eigenvalue weighted by atomic mass is 32.2. The maximum Gasteiger partial charge on any atom is 0.156 e. The molecule has 76 valence electrons. The van der Waals surface area contributed by atoms with Crippen LogP contribution in [0.4, 0.5) is 0 Å². The van der Waals surface area contributed by atoms with E-state index in [4.69, 9.17) is 0 Å². The fourth-order valence-corrected chi connectivity index (χ4v) is 1.90. The highest BCUT2D eigenvalue weighted by Crippen LogP contribution is 2.13. The Hall–Kier alpha value is -1.03. The highest BCUT2D eigenvalue weighted by molar-refractivity contribution is 8.13. The van der Waals surface area contributed by atoms with Crippen LogP contribution in [0.3, 0.4) is 0 Å². The Labute approximate surface area is 89.0 Å². The van der Waals surface area contributed by atoms with Gasteiger partial charge >= 0.3 is 0 Å². The first kappa shape index (κ1) is 11.0. The summed E-state index contributed by atoms with van der Waals surface area (Å²) in [5, 5.41) is 3.97. The van der Waals surface area contributed by atoms with Crippen LogP contribution < -0.4 is 5.32 Å². The Morgan fingerprint density at radius 2 is 2.43 bits per heavy atom. The van der Waals surface area contributed by atoms with Crippen LogP contribution in [0, 0.1) is 6.92 Å². The third-order valence-electron chi connectivity index (χ3n) is 1.88. The molecule has 0 atom stereocenters. The Morgan fingerprint density at radius 1 is 1.64 bits per heavy atom. The number of rotatable bonds is 2. The molecular formula is C10H15N3S. The molecule has 1 aromatic rings. The van der Waals surface area contributed by atoms with Crippen LogP contribution in [-0.4, -0.2) is 24.2 Å². The third kappa shape index (κ3) is 3.03. The summed E-state index contributed by atoms with van der Waals surface area (Å²) in [7, 11) is 3.66. The van der Waals surface area contributed by atoms with Gasteiger partial charge in [0.25, 0.3) is 0 Å². The normalized spacial score (nSPS) is 11.5. The van der Waals surface area contributed by atoms with E-state index in [0.717, 1.165) is 16.6 Å². The van der Waals surface area contributed by atoms with E-state index in [9.17, 15) is 0 Å². The minimum Gasteiger partial charge on any atom is -0.368 e. The number of hydrogen-bond donors (Lipinski definition) is 1. The standard InChI is InChI=1S/C10H15N3S/c1-8-5-4-6-13-9(8)7-14-10(11-2)12-3/h4-6H,7H2,1-3H3,(H,11,12). The Kier molecular flexibility index (Phi) is 4.46. The van der Waals surface area contributed by atoms with Gasteiger partial charge in [0, 0.05) is 26.0 Å². The molecule has 0 saturated carbocycles. The van der Waals surface area contributed by atoms with Crippen LogP contribution in [0.25, 0.3) is 0 Å². The summed E-state index contributed by atoms with van der Waals surface area (Å²) in [5.41, 5.74) is 2.35. The van der Waals surface area contributed by atoms with Gasteiger partial charge in [-0.3, -0.25) is 9.98 Å². The van der Waals surface area contributed by atoms with Gasteiger partial charge in [-0.2, -0.15) is 0 Å². The lowest BCUT2D eigenvalue weighted by Gasteiger charge is -2.05. The average molecular weight is 209 g/mol. The number of aryl methyl sites for hydroxylation is 1. The summed E-state index contributed by atoms with van der Waals surface area (Å²) in [6, 6.07) is 4.03. The minimum absolute atomic E-state index is 0.861. The first-order chi connectivity index (χ1) is 6.77. The van der Waals surface area contributed by atoms with Crippen molar-refractivity contribution < 1.29 is 0 Å². The fourth-order valence-electron chi connectivity index (χ4n) is 1.05. The van der Waals surface area contributed by atoms with E-state index >= 15 is 0 Å². The lowest BCUT2D eigenvalue weighted by atomic mass is 10.2. The molecule has 4 heteroatoms. The molecule has 1 rings (SSSR count). The molecule has 14 heavy (non-hydrogen) atoms. The van der Waals surface area contributed by atoms with E-state index in [1.54, 1.807) is 18.8 Å². The molecule has 0 fully saturated rings. The number of amidine groups is 1. The zero-order valence-electron chi connectivity index (χ0n) is 8.74. The molecule has 0 spiro atoms. The van der Waals surface area contributed by atoms with Gasteiger partial charge in [-0.1, -0.05) is 17.8 Å². The molecule has 0 amide bonds. The number of aromatic nitrogens is 1. The molecule has 1 N–H and O–H groups in total. The van der Waals surface area contributed by atoms with Crippen molar-refractivity contribution in [1.29, 1.82) is 0 Å². The minimum atomic E-state index is 0.861. The van der Waals surface area contributed by atoms with Crippen molar-refractivity contribution in [2.45, 2.75) is 12.7 Å². The Balaban J connectivity index is 2.58. The summed E-state index contributed by atoms with van der Waals surface area (Å²) in [6.07, 6.45) is 1.82. The van der Waals surface area contributed by atoms with Gasteiger partial charge in [0.2, 0.25) is 0 Å². The van der Waals surface area contributed by atoms with Crippen LogP contribution in [0.15, 0.2) is 23.3 Å². The Morgan fingerprint density at radius 3 is 3.00 bits per heavy atom. The first-order valence-electron chi connectivity index (χ1n) is 4.45. The number of nitrogens with zero attached hydrogens (tertiary/aromatic N) is 2. The summed E-state index contributed by atoms with van der Waals surface area (Å²) in [4.78, 5) is 8.41. The van der Waals surface area contributed by atoms with Crippen LogP contribution in [0.5, 0.6) is 0 Å².